The molecule has 0 saturated heterocycles. The molecule has 0 saturated carbocycles. The Labute approximate surface area is 184 Å². The van der Waals surface area contributed by atoms with Gasteiger partial charge in [-0.3, -0.25) is 4.55 Å². The van der Waals surface area contributed by atoms with Crippen molar-refractivity contribution >= 4 is 21.0 Å². The number of ether oxygens (including phenoxy) is 1. The van der Waals surface area contributed by atoms with Crippen molar-refractivity contribution in [2.45, 2.75) is 39.9 Å². The van der Waals surface area contributed by atoms with Gasteiger partial charge >= 0.3 is 21.5 Å². The maximum Gasteiger partial charge on any atom is 0.448 e. The fourth-order valence-corrected chi connectivity index (χ4v) is 5.23. The highest BCUT2D eigenvalue weighted by atomic mass is 32.2. The molecular formula is C23H22F2O4S2+2. The quantitative estimate of drug-likeness (QED) is 0.286. The van der Waals surface area contributed by atoms with Gasteiger partial charge in [-0.2, -0.15) is 17.2 Å². The second-order valence-electron chi connectivity index (χ2n) is 7.05. The summed E-state index contributed by atoms with van der Waals surface area (Å²) in [6, 6.07) is 22.8. The predicted molar refractivity (Wildman–Crippen MR) is 117 cm³/mol. The summed E-state index contributed by atoms with van der Waals surface area (Å²) < 4.78 is 62.8. The van der Waals surface area contributed by atoms with Crippen LogP contribution in [0.2, 0.25) is 0 Å². The number of aryl methyl sites for hydroxylation is 2. The van der Waals surface area contributed by atoms with Gasteiger partial charge in [0.15, 0.2) is 14.7 Å². The summed E-state index contributed by atoms with van der Waals surface area (Å²) in [6.07, 6.45) is -2.30. The molecule has 0 radical (unpaired) electrons. The Balaban J connectivity index is 1.92. The van der Waals surface area contributed by atoms with Crippen molar-refractivity contribution in [1.29, 1.82) is 0 Å². The number of halogens is 2. The van der Waals surface area contributed by atoms with E-state index < -0.39 is 32.4 Å². The van der Waals surface area contributed by atoms with Gasteiger partial charge in [0.05, 0.1) is 10.9 Å². The SMILES string of the molecule is [CH2+]C(Oc1ccc([S+](c2ccc(C)cc2)c2ccc(C)cc2)cc1)C(F)(F)S(=O)(=O)O. The van der Waals surface area contributed by atoms with E-state index in [4.69, 9.17) is 9.29 Å². The van der Waals surface area contributed by atoms with Gasteiger partial charge < -0.3 is 4.74 Å². The predicted octanol–water partition coefficient (Wildman–Crippen LogP) is 5.46. The van der Waals surface area contributed by atoms with Crippen LogP contribution in [0.4, 0.5) is 8.78 Å². The monoisotopic (exact) mass is 464 g/mol. The number of rotatable bonds is 7. The highest BCUT2D eigenvalue weighted by molar-refractivity contribution is 7.97. The van der Waals surface area contributed by atoms with Crippen molar-refractivity contribution in [2.24, 2.45) is 0 Å². The van der Waals surface area contributed by atoms with E-state index in [0.717, 1.165) is 25.8 Å². The van der Waals surface area contributed by atoms with E-state index >= 15 is 0 Å². The second-order valence-corrected chi connectivity index (χ2v) is 10.6. The van der Waals surface area contributed by atoms with E-state index in [1.807, 2.05) is 38.1 Å². The third-order valence-electron chi connectivity index (χ3n) is 4.57. The standard InChI is InChI=1S/C23H21F2O4S2/c1-16-4-10-20(11-5-16)30(21-12-6-17(2)7-13-21)22-14-8-19(9-15-22)29-18(3)23(24,25)31(26,27)28/h4-15,18H,3H2,1-2H3/q+1/p+1. The molecule has 4 nitrogen and oxygen atoms in total. The molecular weight excluding hydrogens is 442 g/mol. The van der Waals surface area contributed by atoms with Crippen LogP contribution in [0.3, 0.4) is 0 Å². The van der Waals surface area contributed by atoms with Gasteiger partial charge in [0.25, 0.3) is 0 Å². The van der Waals surface area contributed by atoms with Crippen molar-refractivity contribution in [2.75, 3.05) is 0 Å². The summed E-state index contributed by atoms with van der Waals surface area (Å²) in [7, 11) is -6.08. The molecule has 8 heteroatoms. The zero-order valence-corrected chi connectivity index (χ0v) is 18.6. The molecule has 3 aromatic carbocycles. The molecule has 1 atom stereocenters. The highest BCUT2D eigenvalue weighted by Crippen LogP contribution is 2.34. The highest BCUT2D eigenvalue weighted by Gasteiger charge is 2.56. The van der Waals surface area contributed by atoms with Crippen LogP contribution in [0.5, 0.6) is 5.75 Å². The molecule has 0 aliphatic rings. The van der Waals surface area contributed by atoms with E-state index in [0.29, 0.717) is 0 Å². The van der Waals surface area contributed by atoms with Gasteiger partial charge in [-0.25, -0.2) is 0 Å². The number of hydrogen-bond acceptors (Lipinski definition) is 3. The topological polar surface area (TPSA) is 63.6 Å². The Morgan fingerprint density at radius 2 is 1.19 bits per heavy atom. The molecule has 1 unspecified atom stereocenters. The first-order valence-corrected chi connectivity index (χ1v) is 12.0. The fraction of sp³-hybridized carbons (Fsp3) is 0.174. The minimum Gasteiger partial charge on any atom is -0.444 e. The molecule has 3 aromatic rings. The lowest BCUT2D eigenvalue weighted by Crippen LogP contribution is -2.42. The van der Waals surface area contributed by atoms with Crippen LogP contribution in [-0.2, 0) is 21.0 Å². The second kappa shape index (κ2) is 8.90. The van der Waals surface area contributed by atoms with Gasteiger partial charge in [0.1, 0.15) is 12.7 Å². The van der Waals surface area contributed by atoms with E-state index in [-0.39, 0.29) is 5.75 Å². The first-order chi connectivity index (χ1) is 14.5. The third kappa shape index (κ3) is 5.20. The lowest BCUT2D eigenvalue weighted by atomic mass is 10.2. The third-order valence-corrected chi connectivity index (χ3v) is 7.75. The van der Waals surface area contributed by atoms with Crippen LogP contribution in [0.25, 0.3) is 0 Å². The van der Waals surface area contributed by atoms with Crippen molar-refractivity contribution < 1.29 is 26.5 Å². The summed E-state index contributed by atoms with van der Waals surface area (Å²) in [5.41, 5.74) is 2.28. The van der Waals surface area contributed by atoms with Crippen LogP contribution >= 0.6 is 0 Å². The van der Waals surface area contributed by atoms with E-state index in [9.17, 15) is 17.2 Å². The lowest BCUT2D eigenvalue weighted by Gasteiger charge is -2.17. The van der Waals surface area contributed by atoms with Crippen molar-refractivity contribution in [3.63, 3.8) is 0 Å². The van der Waals surface area contributed by atoms with E-state index in [2.05, 4.69) is 31.2 Å². The molecule has 31 heavy (non-hydrogen) atoms. The van der Waals surface area contributed by atoms with Crippen LogP contribution < -0.4 is 4.74 Å². The van der Waals surface area contributed by atoms with Crippen LogP contribution in [0.1, 0.15) is 11.1 Å². The molecule has 3 rings (SSSR count). The summed E-state index contributed by atoms with van der Waals surface area (Å²) in [5.74, 6) is 0.0171. The molecule has 0 spiro atoms. The molecule has 0 heterocycles. The number of benzene rings is 3. The number of alkyl halides is 2. The summed E-state index contributed by atoms with van der Waals surface area (Å²) in [4.78, 5) is 3.12. The maximum absolute atomic E-state index is 13.7. The maximum atomic E-state index is 13.7. The lowest BCUT2D eigenvalue weighted by molar-refractivity contribution is -0.0108. The van der Waals surface area contributed by atoms with Gasteiger partial charge in [-0.1, -0.05) is 35.4 Å². The molecule has 0 amide bonds. The van der Waals surface area contributed by atoms with E-state index in [1.54, 1.807) is 12.1 Å². The van der Waals surface area contributed by atoms with Crippen LogP contribution in [-0.4, -0.2) is 24.3 Å². The zero-order valence-electron chi connectivity index (χ0n) is 17.0. The van der Waals surface area contributed by atoms with Crippen molar-refractivity contribution in [3.05, 3.63) is 90.8 Å². The molecule has 0 aliphatic carbocycles. The minimum atomic E-state index is -5.64. The van der Waals surface area contributed by atoms with Crippen molar-refractivity contribution in [3.8, 4) is 5.75 Å². The smallest absolute Gasteiger partial charge is 0.444 e. The zero-order chi connectivity index (χ0) is 22.8. The van der Waals surface area contributed by atoms with Crippen LogP contribution in [0, 0.1) is 20.8 Å². The van der Waals surface area contributed by atoms with Crippen molar-refractivity contribution in [1.82, 2.24) is 0 Å². The van der Waals surface area contributed by atoms with E-state index in [1.165, 1.54) is 12.1 Å². The molecule has 162 valence electrons. The Morgan fingerprint density at radius 3 is 1.55 bits per heavy atom. The average Bonchev–Trinajstić information content (AvgIpc) is 2.71. The van der Waals surface area contributed by atoms with Gasteiger partial charge in [-0.05, 0) is 62.4 Å². The molecule has 0 fully saturated rings. The molecule has 0 aliphatic heterocycles. The largest absolute Gasteiger partial charge is 0.448 e. The Kier molecular flexibility index (Phi) is 6.64. The molecule has 0 bridgehead atoms. The summed E-state index contributed by atoms with van der Waals surface area (Å²) in [5, 5.41) is -4.53. The summed E-state index contributed by atoms with van der Waals surface area (Å²) >= 11 is 0. The first-order valence-electron chi connectivity index (χ1n) is 9.31. The van der Waals surface area contributed by atoms with Gasteiger partial charge in [0, 0.05) is 0 Å². The van der Waals surface area contributed by atoms with Gasteiger partial charge in [-0.15, -0.1) is 0 Å². The normalized spacial score (nSPS) is 13.2. The Morgan fingerprint density at radius 1 is 0.839 bits per heavy atom. The molecule has 0 aromatic heterocycles. The number of hydrogen-bond donors (Lipinski definition) is 1. The minimum absolute atomic E-state index is 0.0171. The van der Waals surface area contributed by atoms with Gasteiger partial charge in [0.2, 0.25) is 0 Å². The average molecular weight is 465 g/mol. The molecule has 1 N–H and O–H groups in total. The summed E-state index contributed by atoms with van der Waals surface area (Å²) in [6.45, 7) is 7.05. The van der Waals surface area contributed by atoms with Crippen LogP contribution in [0.15, 0.2) is 87.5 Å². The first kappa shape index (κ1) is 23.1. The fourth-order valence-electron chi connectivity index (χ4n) is 2.81. The Hall–Kier alpha value is -2.55. The Bertz CT molecular complexity index is 1080.